The van der Waals surface area contributed by atoms with Crippen molar-refractivity contribution in [3.63, 3.8) is 0 Å². The van der Waals surface area contributed by atoms with Gasteiger partial charge in [0, 0.05) is 29.2 Å². The van der Waals surface area contributed by atoms with Crippen molar-refractivity contribution in [3.8, 4) is 0 Å². The van der Waals surface area contributed by atoms with Gasteiger partial charge in [0.2, 0.25) is 0 Å². The smallest absolute Gasteiger partial charge is 0.251 e. The molecule has 0 heterocycles. The summed E-state index contributed by atoms with van der Waals surface area (Å²) in [7, 11) is 0. The summed E-state index contributed by atoms with van der Waals surface area (Å²) in [6.45, 7) is 5.86. The van der Waals surface area contributed by atoms with Crippen molar-refractivity contribution in [2.45, 2.75) is 77.3 Å². The third-order valence-electron chi connectivity index (χ3n) is 6.49. The fourth-order valence-corrected chi connectivity index (χ4v) is 4.88. The van der Waals surface area contributed by atoms with E-state index in [9.17, 15) is 9.18 Å². The molecule has 0 aliphatic heterocycles. The lowest BCUT2D eigenvalue weighted by Gasteiger charge is -2.36. The van der Waals surface area contributed by atoms with Gasteiger partial charge >= 0.3 is 0 Å². The highest BCUT2D eigenvalue weighted by Crippen LogP contribution is 2.39. The molecule has 1 amide bonds. The lowest BCUT2D eigenvalue weighted by atomic mass is 9.77. The van der Waals surface area contributed by atoms with E-state index in [0.29, 0.717) is 17.0 Å². The number of carbonyl (C=O) groups is 1. The minimum atomic E-state index is -0.481. The molecule has 0 radical (unpaired) electrons. The zero-order chi connectivity index (χ0) is 19.4. The Balaban J connectivity index is 1.42. The summed E-state index contributed by atoms with van der Waals surface area (Å²) in [6.07, 6.45) is 9.55. The van der Waals surface area contributed by atoms with Gasteiger partial charge in [-0.25, -0.2) is 4.39 Å². The second kappa shape index (κ2) is 8.91. The Bertz CT molecular complexity index is 629. The topological polar surface area (TPSA) is 41.1 Å². The molecule has 2 aliphatic carbocycles. The highest BCUT2D eigenvalue weighted by molar-refractivity contribution is 6.31. The van der Waals surface area contributed by atoms with Crippen LogP contribution in [-0.2, 0) is 0 Å². The maximum atomic E-state index is 13.4. The minimum absolute atomic E-state index is 0.153. The summed E-state index contributed by atoms with van der Waals surface area (Å²) in [4.78, 5) is 12.4. The van der Waals surface area contributed by atoms with Crippen molar-refractivity contribution in [3.05, 3.63) is 34.6 Å². The lowest BCUT2D eigenvalue weighted by molar-refractivity contribution is 0.0922. The van der Waals surface area contributed by atoms with Crippen LogP contribution in [0.2, 0.25) is 5.02 Å². The minimum Gasteiger partial charge on any atom is -0.349 e. The normalized spacial score (nSPS) is 24.1. The Morgan fingerprint density at radius 1 is 1.07 bits per heavy atom. The van der Waals surface area contributed by atoms with Gasteiger partial charge in [0.25, 0.3) is 5.91 Å². The zero-order valence-electron chi connectivity index (χ0n) is 16.5. The Kier molecular flexibility index (Phi) is 6.80. The van der Waals surface area contributed by atoms with E-state index in [4.69, 9.17) is 11.6 Å². The number of carbonyl (C=O) groups excluding carboxylic acids is 1. The van der Waals surface area contributed by atoms with E-state index in [-0.39, 0.29) is 17.0 Å². The molecule has 1 aromatic carbocycles. The summed E-state index contributed by atoms with van der Waals surface area (Å²) in [5.41, 5.74) is 0.650. The molecule has 0 aromatic heterocycles. The summed E-state index contributed by atoms with van der Waals surface area (Å²) in [5, 5.41) is 7.06. The van der Waals surface area contributed by atoms with Crippen LogP contribution in [0.1, 0.15) is 75.6 Å². The standard InChI is InChI=1S/C22H32ClFN2O/c1-22(2,16-5-3-4-6-16)14-25-19-7-9-20(10-8-19)26-21(27)15-11-17(23)13-18(24)12-15/h11-13,16,19-20,25H,3-10,14H2,1-2H3,(H,26,27)/t19-,20-. The Morgan fingerprint density at radius 3 is 2.33 bits per heavy atom. The average molecular weight is 395 g/mol. The average Bonchev–Trinajstić information content (AvgIpc) is 3.16. The van der Waals surface area contributed by atoms with Crippen LogP contribution in [-0.4, -0.2) is 24.5 Å². The van der Waals surface area contributed by atoms with E-state index in [2.05, 4.69) is 24.5 Å². The summed E-state index contributed by atoms with van der Waals surface area (Å²) >= 11 is 5.85. The second-order valence-electron chi connectivity index (χ2n) is 9.03. The maximum Gasteiger partial charge on any atom is 0.251 e. The van der Waals surface area contributed by atoms with Gasteiger partial charge < -0.3 is 10.6 Å². The molecule has 0 spiro atoms. The molecule has 3 rings (SSSR count). The van der Waals surface area contributed by atoms with Crippen LogP contribution in [0.15, 0.2) is 18.2 Å². The van der Waals surface area contributed by atoms with Gasteiger partial charge in [-0.05, 0) is 68.1 Å². The molecule has 0 atom stereocenters. The van der Waals surface area contributed by atoms with Crippen LogP contribution in [0.3, 0.4) is 0 Å². The SMILES string of the molecule is CC(C)(CN[C@H]1CC[C@H](NC(=O)c2cc(F)cc(Cl)c2)CC1)C1CCCC1. The molecule has 0 saturated heterocycles. The Morgan fingerprint density at radius 2 is 1.70 bits per heavy atom. The van der Waals surface area contributed by atoms with E-state index in [0.717, 1.165) is 38.1 Å². The van der Waals surface area contributed by atoms with Crippen molar-refractivity contribution in [2.75, 3.05) is 6.54 Å². The van der Waals surface area contributed by atoms with Crippen LogP contribution in [0.5, 0.6) is 0 Å². The third kappa shape index (κ3) is 5.68. The third-order valence-corrected chi connectivity index (χ3v) is 6.71. The van der Waals surface area contributed by atoms with Gasteiger partial charge in [-0.3, -0.25) is 4.79 Å². The zero-order valence-corrected chi connectivity index (χ0v) is 17.2. The molecule has 3 nitrogen and oxygen atoms in total. The highest BCUT2D eigenvalue weighted by atomic mass is 35.5. The number of rotatable bonds is 6. The summed E-state index contributed by atoms with van der Waals surface area (Å²) in [6, 6.07) is 4.64. The number of hydrogen-bond donors (Lipinski definition) is 2. The number of amides is 1. The fourth-order valence-electron chi connectivity index (χ4n) is 4.65. The summed E-state index contributed by atoms with van der Waals surface area (Å²) < 4.78 is 13.4. The van der Waals surface area contributed by atoms with Crippen molar-refractivity contribution < 1.29 is 9.18 Å². The largest absolute Gasteiger partial charge is 0.349 e. The molecule has 0 unspecified atom stereocenters. The number of benzene rings is 1. The number of hydrogen-bond acceptors (Lipinski definition) is 2. The highest BCUT2D eigenvalue weighted by Gasteiger charge is 2.32. The molecule has 2 saturated carbocycles. The van der Waals surface area contributed by atoms with Crippen LogP contribution < -0.4 is 10.6 Å². The van der Waals surface area contributed by atoms with E-state index >= 15 is 0 Å². The molecule has 1 aromatic rings. The van der Waals surface area contributed by atoms with E-state index in [1.54, 1.807) is 0 Å². The van der Waals surface area contributed by atoms with Crippen molar-refractivity contribution in [1.82, 2.24) is 10.6 Å². The van der Waals surface area contributed by atoms with E-state index < -0.39 is 5.82 Å². The van der Waals surface area contributed by atoms with Gasteiger partial charge in [0.05, 0.1) is 0 Å². The number of halogens is 2. The number of nitrogens with one attached hydrogen (secondary N) is 2. The first-order valence-corrected chi connectivity index (χ1v) is 10.7. The molecule has 27 heavy (non-hydrogen) atoms. The van der Waals surface area contributed by atoms with Crippen LogP contribution in [0.4, 0.5) is 4.39 Å². The Labute approximate surface area is 167 Å². The monoisotopic (exact) mass is 394 g/mol. The molecular formula is C22H32ClFN2O. The van der Waals surface area contributed by atoms with Crippen LogP contribution in [0, 0.1) is 17.2 Å². The molecule has 2 N–H and O–H groups in total. The summed E-state index contributed by atoms with van der Waals surface area (Å²) in [5.74, 6) is 0.124. The molecular weight excluding hydrogens is 363 g/mol. The molecule has 0 bridgehead atoms. The first-order valence-electron chi connectivity index (χ1n) is 10.3. The quantitative estimate of drug-likeness (QED) is 0.684. The maximum absolute atomic E-state index is 13.4. The van der Waals surface area contributed by atoms with E-state index in [1.165, 1.54) is 43.9 Å². The van der Waals surface area contributed by atoms with Gasteiger partial charge in [-0.2, -0.15) is 0 Å². The van der Waals surface area contributed by atoms with Gasteiger partial charge in [0.15, 0.2) is 0 Å². The Hall–Kier alpha value is -1.13. The van der Waals surface area contributed by atoms with Gasteiger partial charge in [-0.1, -0.05) is 38.3 Å². The first kappa shape index (κ1) is 20.6. The molecule has 5 heteroatoms. The molecule has 2 aliphatic rings. The predicted molar refractivity (Wildman–Crippen MR) is 109 cm³/mol. The second-order valence-corrected chi connectivity index (χ2v) is 9.47. The first-order chi connectivity index (χ1) is 12.8. The van der Waals surface area contributed by atoms with Crippen molar-refractivity contribution >= 4 is 17.5 Å². The van der Waals surface area contributed by atoms with Gasteiger partial charge in [0.1, 0.15) is 5.82 Å². The molecule has 2 fully saturated rings. The predicted octanol–water partition coefficient (Wildman–Crippen LogP) is 5.33. The van der Waals surface area contributed by atoms with Crippen LogP contribution in [0.25, 0.3) is 0 Å². The van der Waals surface area contributed by atoms with Crippen molar-refractivity contribution in [1.29, 1.82) is 0 Å². The van der Waals surface area contributed by atoms with Crippen molar-refractivity contribution in [2.24, 2.45) is 11.3 Å². The fraction of sp³-hybridized carbons (Fsp3) is 0.682. The van der Waals surface area contributed by atoms with E-state index in [1.807, 2.05) is 0 Å². The van der Waals surface area contributed by atoms with Gasteiger partial charge in [-0.15, -0.1) is 0 Å². The lowest BCUT2D eigenvalue weighted by Crippen LogP contribution is -2.45. The molecule has 150 valence electrons. The van der Waals surface area contributed by atoms with Crippen LogP contribution >= 0.6 is 11.6 Å².